The van der Waals surface area contributed by atoms with E-state index < -0.39 is 0 Å². The van der Waals surface area contributed by atoms with E-state index in [9.17, 15) is 4.79 Å². The lowest BCUT2D eigenvalue weighted by Gasteiger charge is -2.34. The highest BCUT2D eigenvalue weighted by Gasteiger charge is 2.27. The highest BCUT2D eigenvalue weighted by Crippen LogP contribution is 2.23. The third-order valence-electron chi connectivity index (χ3n) is 4.19. The van der Waals surface area contributed by atoms with Gasteiger partial charge in [-0.3, -0.25) is 4.79 Å². The van der Waals surface area contributed by atoms with Gasteiger partial charge in [-0.2, -0.15) is 0 Å². The van der Waals surface area contributed by atoms with E-state index in [1.54, 1.807) is 0 Å². The van der Waals surface area contributed by atoms with E-state index in [4.69, 9.17) is 4.74 Å². The van der Waals surface area contributed by atoms with E-state index in [2.05, 4.69) is 29.8 Å². The van der Waals surface area contributed by atoms with Crippen LogP contribution in [0.15, 0.2) is 28.7 Å². The number of hydrogen-bond donors (Lipinski definition) is 0. The largest absolute Gasteiger partial charge is 0.490 e. The summed E-state index contributed by atoms with van der Waals surface area (Å²) in [5.41, 5.74) is 0. The Labute approximate surface area is 135 Å². The van der Waals surface area contributed by atoms with Gasteiger partial charge in [0.25, 0.3) is 0 Å². The Morgan fingerprint density at radius 3 is 2.57 bits per heavy atom. The molecular formula is C17H24BrNO2. The summed E-state index contributed by atoms with van der Waals surface area (Å²) in [6.45, 7) is 5.81. The summed E-state index contributed by atoms with van der Waals surface area (Å²) >= 11 is 3.45. The SMILES string of the molecule is CCC(CC)C(=O)N1CCC(Oc2cccc(Br)c2)CC1. The number of hydrogen-bond acceptors (Lipinski definition) is 2. The Bertz CT molecular complexity index is 466. The maximum atomic E-state index is 12.3. The minimum Gasteiger partial charge on any atom is -0.490 e. The number of benzene rings is 1. The predicted octanol–water partition coefficient (Wildman–Crippen LogP) is 4.26. The highest BCUT2D eigenvalue weighted by molar-refractivity contribution is 9.10. The fourth-order valence-electron chi connectivity index (χ4n) is 2.82. The topological polar surface area (TPSA) is 29.5 Å². The molecule has 1 fully saturated rings. The standard InChI is InChI=1S/C17H24BrNO2/c1-3-13(4-2)17(20)19-10-8-15(9-11-19)21-16-7-5-6-14(18)12-16/h5-7,12-13,15H,3-4,8-11H2,1-2H3. The summed E-state index contributed by atoms with van der Waals surface area (Å²) in [4.78, 5) is 14.4. The van der Waals surface area contributed by atoms with Crippen molar-refractivity contribution < 1.29 is 9.53 Å². The molecule has 1 aliphatic heterocycles. The Kier molecular flexibility index (Phi) is 6.09. The van der Waals surface area contributed by atoms with Crippen LogP contribution >= 0.6 is 15.9 Å². The number of piperidine rings is 1. The van der Waals surface area contributed by atoms with E-state index in [0.717, 1.165) is 49.0 Å². The molecule has 0 atom stereocenters. The summed E-state index contributed by atoms with van der Waals surface area (Å²) < 4.78 is 7.04. The minimum atomic E-state index is 0.188. The van der Waals surface area contributed by atoms with Gasteiger partial charge >= 0.3 is 0 Å². The summed E-state index contributed by atoms with van der Waals surface area (Å²) in [6, 6.07) is 7.93. The number of nitrogens with zero attached hydrogens (tertiary/aromatic N) is 1. The van der Waals surface area contributed by atoms with Crippen molar-refractivity contribution in [2.75, 3.05) is 13.1 Å². The van der Waals surface area contributed by atoms with Crippen molar-refractivity contribution in [1.29, 1.82) is 0 Å². The first-order chi connectivity index (χ1) is 10.1. The molecule has 0 aliphatic carbocycles. The Balaban J connectivity index is 1.84. The van der Waals surface area contributed by atoms with Gasteiger partial charge in [-0.1, -0.05) is 35.8 Å². The van der Waals surface area contributed by atoms with Crippen LogP contribution in [0.1, 0.15) is 39.5 Å². The zero-order valence-electron chi connectivity index (χ0n) is 12.8. The van der Waals surface area contributed by atoms with Crippen molar-refractivity contribution >= 4 is 21.8 Å². The van der Waals surface area contributed by atoms with Crippen molar-refractivity contribution in [3.8, 4) is 5.75 Å². The summed E-state index contributed by atoms with van der Waals surface area (Å²) in [5, 5.41) is 0. The van der Waals surface area contributed by atoms with Gasteiger partial charge in [-0.15, -0.1) is 0 Å². The molecule has 0 aromatic heterocycles. The molecule has 4 heteroatoms. The van der Waals surface area contributed by atoms with Crippen molar-refractivity contribution in [3.63, 3.8) is 0 Å². The lowest BCUT2D eigenvalue weighted by atomic mass is 9.99. The van der Waals surface area contributed by atoms with Crippen LogP contribution in [0.2, 0.25) is 0 Å². The monoisotopic (exact) mass is 353 g/mol. The van der Waals surface area contributed by atoms with E-state index in [1.165, 1.54) is 0 Å². The number of carbonyl (C=O) groups is 1. The van der Waals surface area contributed by atoms with Crippen molar-refractivity contribution in [1.82, 2.24) is 4.90 Å². The number of ether oxygens (including phenoxy) is 1. The second-order valence-corrected chi connectivity index (χ2v) is 6.53. The molecule has 0 N–H and O–H groups in total. The number of likely N-dealkylation sites (tertiary alicyclic amines) is 1. The Morgan fingerprint density at radius 1 is 1.33 bits per heavy atom. The lowest BCUT2D eigenvalue weighted by molar-refractivity contribution is -0.137. The number of halogens is 1. The average molecular weight is 354 g/mol. The van der Waals surface area contributed by atoms with Gasteiger partial charge in [-0.05, 0) is 31.0 Å². The van der Waals surface area contributed by atoms with Gasteiger partial charge in [0.1, 0.15) is 11.9 Å². The van der Waals surface area contributed by atoms with Crippen LogP contribution in [0.25, 0.3) is 0 Å². The number of rotatable bonds is 5. The molecule has 116 valence electrons. The van der Waals surface area contributed by atoms with Crippen molar-refractivity contribution in [2.24, 2.45) is 5.92 Å². The second-order valence-electron chi connectivity index (χ2n) is 5.61. The summed E-state index contributed by atoms with van der Waals surface area (Å²) in [6.07, 6.45) is 3.91. The van der Waals surface area contributed by atoms with Gasteiger partial charge < -0.3 is 9.64 Å². The van der Waals surface area contributed by atoms with E-state index in [1.807, 2.05) is 29.2 Å². The molecule has 1 aromatic carbocycles. The van der Waals surface area contributed by atoms with Crippen LogP contribution in [-0.2, 0) is 4.79 Å². The maximum absolute atomic E-state index is 12.3. The lowest BCUT2D eigenvalue weighted by Crippen LogP contribution is -2.44. The van der Waals surface area contributed by atoms with Crippen LogP contribution < -0.4 is 4.74 Å². The molecule has 2 rings (SSSR count). The quantitative estimate of drug-likeness (QED) is 0.791. The van der Waals surface area contributed by atoms with Crippen LogP contribution in [0.5, 0.6) is 5.75 Å². The molecule has 1 aliphatic rings. The van der Waals surface area contributed by atoms with Gasteiger partial charge in [0.15, 0.2) is 0 Å². The molecule has 0 saturated carbocycles. The normalized spacial score (nSPS) is 16.3. The van der Waals surface area contributed by atoms with Crippen molar-refractivity contribution in [2.45, 2.75) is 45.6 Å². The zero-order chi connectivity index (χ0) is 15.2. The molecule has 0 unspecified atom stereocenters. The second kappa shape index (κ2) is 7.83. The van der Waals surface area contributed by atoms with Gasteiger partial charge in [-0.25, -0.2) is 0 Å². The molecule has 1 heterocycles. The number of amides is 1. The van der Waals surface area contributed by atoms with E-state index in [0.29, 0.717) is 5.91 Å². The van der Waals surface area contributed by atoms with Crippen LogP contribution in [-0.4, -0.2) is 30.0 Å². The van der Waals surface area contributed by atoms with Crippen molar-refractivity contribution in [3.05, 3.63) is 28.7 Å². The van der Waals surface area contributed by atoms with Crippen LogP contribution in [0.4, 0.5) is 0 Å². The maximum Gasteiger partial charge on any atom is 0.225 e. The fraction of sp³-hybridized carbons (Fsp3) is 0.588. The number of carbonyl (C=O) groups excluding carboxylic acids is 1. The third-order valence-corrected chi connectivity index (χ3v) is 4.68. The summed E-state index contributed by atoms with van der Waals surface area (Å²) in [7, 11) is 0. The smallest absolute Gasteiger partial charge is 0.225 e. The molecule has 1 aromatic rings. The fourth-order valence-corrected chi connectivity index (χ4v) is 3.20. The predicted molar refractivity (Wildman–Crippen MR) is 88.4 cm³/mol. The van der Waals surface area contributed by atoms with E-state index >= 15 is 0 Å². The molecule has 1 amide bonds. The third kappa shape index (κ3) is 4.47. The highest BCUT2D eigenvalue weighted by atomic mass is 79.9. The molecule has 3 nitrogen and oxygen atoms in total. The Morgan fingerprint density at radius 2 is 2.00 bits per heavy atom. The zero-order valence-corrected chi connectivity index (χ0v) is 14.4. The first-order valence-corrected chi connectivity index (χ1v) is 8.64. The molecular weight excluding hydrogens is 330 g/mol. The van der Waals surface area contributed by atoms with Gasteiger partial charge in [0, 0.05) is 36.3 Å². The molecule has 21 heavy (non-hydrogen) atoms. The minimum absolute atomic E-state index is 0.188. The van der Waals surface area contributed by atoms with E-state index in [-0.39, 0.29) is 12.0 Å². The summed E-state index contributed by atoms with van der Waals surface area (Å²) in [5.74, 6) is 1.41. The molecule has 0 spiro atoms. The van der Waals surface area contributed by atoms with Gasteiger partial charge in [0.05, 0.1) is 0 Å². The molecule has 0 bridgehead atoms. The van der Waals surface area contributed by atoms with Gasteiger partial charge in [0.2, 0.25) is 5.91 Å². The van der Waals surface area contributed by atoms with Crippen LogP contribution in [0.3, 0.4) is 0 Å². The first-order valence-electron chi connectivity index (χ1n) is 7.85. The first kappa shape index (κ1) is 16.3. The average Bonchev–Trinajstić information content (AvgIpc) is 2.49. The molecule has 1 saturated heterocycles. The Hall–Kier alpha value is -1.03. The molecule has 0 radical (unpaired) electrons. The van der Waals surface area contributed by atoms with Crippen LogP contribution in [0, 0.1) is 5.92 Å².